The molecule has 0 fully saturated rings. The van der Waals surface area contributed by atoms with Gasteiger partial charge >= 0.3 is 0 Å². The molecule has 0 radical (unpaired) electrons. The molecule has 0 aliphatic heterocycles. The predicted octanol–water partition coefficient (Wildman–Crippen LogP) is 4.65. The molecule has 0 bridgehead atoms. The summed E-state index contributed by atoms with van der Waals surface area (Å²) in [4.78, 5) is 8.44. The minimum atomic E-state index is -0.356. The molecule has 5 nitrogen and oxygen atoms in total. The van der Waals surface area contributed by atoms with Gasteiger partial charge in [-0.15, -0.1) is 0 Å². The molecule has 0 unspecified atom stereocenters. The molecule has 0 aliphatic carbocycles. The zero-order chi connectivity index (χ0) is 19.5. The van der Waals surface area contributed by atoms with Gasteiger partial charge in [0.15, 0.2) is 0 Å². The molecule has 0 saturated carbocycles. The van der Waals surface area contributed by atoms with Crippen LogP contribution in [0.3, 0.4) is 0 Å². The Hall–Kier alpha value is -3.85. The average molecular weight is 369 g/mol. The van der Waals surface area contributed by atoms with Crippen molar-refractivity contribution in [3.05, 3.63) is 78.8 Å². The summed E-state index contributed by atoms with van der Waals surface area (Å²) in [6, 6.07) is 14.9. The van der Waals surface area contributed by atoms with Gasteiger partial charge < -0.3 is 0 Å². The number of nitriles is 1. The van der Waals surface area contributed by atoms with Crippen molar-refractivity contribution < 1.29 is 4.39 Å². The van der Waals surface area contributed by atoms with Crippen LogP contribution in [0.2, 0.25) is 0 Å². The summed E-state index contributed by atoms with van der Waals surface area (Å²) in [7, 11) is 0. The molecule has 0 N–H and O–H groups in total. The molecule has 4 rings (SSSR count). The van der Waals surface area contributed by atoms with Crippen molar-refractivity contribution in [2.45, 2.75) is 13.5 Å². The van der Waals surface area contributed by atoms with E-state index in [4.69, 9.17) is 5.26 Å². The fourth-order valence-corrected chi connectivity index (χ4v) is 3.07. The molecule has 28 heavy (non-hydrogen) atoms. The topological polar surface area (TPSA) is 67.4 Å². The fraction of sp³-hybridized carbons (Fsp3) is 0.0909. The normalized spacial score (nSPS) is 10.6. The molecule has 0 amide bonds. The number of aromatic nitrogens is 4. The van der Waals surface area contributed by atoms with Crippen molar-refractivity contribution in [1.82, 2.24) is 19.7 Å². The van der Waals surface area contributed by atoms with Gasteiger partial charge in [-0.25, -0.2) is 4.39 Å². The van der Waals surface area contributed by atoms with Gasteiger partial charge in [0.25, 0.3) is 0 Å². The first-order valence-corrected chi connectivity index (χ1v) is 8.73. The number of hydrogen-bond donors (Lipinski definition) is 0. The first-order valence-electron chi connectivity index (χ1n) is 8.73. The number of benzene rings is 2. The number of aryl methyl sites for hydroxylation is 1. The van der Waals surface area contributed by atoms with E-state index in [1.54, 1.807) is 29.3 Å². The lowest BCUT2D eigenvalue weighted by Crippen LogP contribution is -1.94. The quantitative estimate of drug-likeness (QED) is 0.525. The first-order chi connectivity index (χ1) is 13.7. The van der Waals surface area contributed by atoms with E-state index in [0.29, 0.717) is 11.3 Å². The second-order valence-electron chi connectivity index (χ2n) is 6.37. The Bertz CT molecular complexity index is 1170. The van der Waals surface area contributed by atoms with E-state index in [2.05, 4.69) is 21.1 Å². The minimum Gasteiger partial charge on any atom is -0.258 e. The molecule has 0 spiro atoms. The summed E-state index contributed by atoms with van der Waals surface area (Å²) in [5.41, 5.74) is 5.14. The summed E-state index contributed by atoms with van der Waals surface area (Å²) >= 11 is 0. The van der Waals surface area contributed by atoms with Crippen LogP contribution in [0.15, 0.2) is 67.3 Å². The number of hydrogen-bond acceptors (Lipinski definition) is 4. The Morgan fingerprint density at radius 3 is 2.43 bits per heavy atom. The molecular formula is C22H16FN5. The Morgan fingerprint density at radius 2 is 1.75 bits per heavy atom. The second kappa shape index (κ2) is 7.41. The first kappa shape index (κ1) is 17.6. The fourth-order valence-electron chi connectivity index (χ4n) is 3.07. The zero-order valence-electron chi connectivity index (χ0n) is 15.2. The summed E-state index contributed by atoms with van der Waals surface area (Å²) in [5.74, 6) is -0.356. The molecule has 2 heterocycles. The molecule has 136 valence electrons. The summed E-state index contributed by atoms with van der Waals surface area (Å²) in [6.07, 6.45) is 6.72. The van der Waals surface area contributed by atoms with Crippen molar-refractivity contribution in [2.75, 3.05) is 0 Å². The summed E-state index contributed by atoms with van der Waals surface area (Å²) in [6.45, 7) is 2.02. The Labute approximate surface area is 161 Å². The van der Waals surface area contributed by atoms with Gasteiger partial charge in [0, 0.05) is 23.5 Å². The molecule has 2 aromatic heterocycles. The monoisotopic (exact) mass is 369 g/mol. The van der Waals surface area contributed by atoms with Gasteiger partial charge in [-0.3, -0.25) is 14.6 Å². The van der Waals surface area contributed by atoms with Gasteiger partial charge in [0.2, 0.25) is 0 Å². The number of halogens is 1. The maximum atomic E-state index is 14.8. The van der Waals surface area contributed by atoms with Crippen molar-refractivity contribution in [3.63, 3.8) is 0 Å². The van der Waals surface area contributed by atoms with Crippen LogP contribution in [0.25, 0.3) is 33.5 Å². The molecule has 6 heteroatoms. The molecular weight excluding hydrogens is 353 g/mol. The van der Waals surface area contributed by atoms with E-state index >= 15 is 0 Å². The average Bonchev–Trinajstić information content (AvgIpc) is 3.18. The predicted molar refractivity (Wildman–Crippen MR) is 104 cm³/mol. The van der Waals surface area contributed by atoms with Crippen LogP contribution < -0.4 is 0 Å². The molecule has 0 atom stereocenters. The molecule has 2 aromatic carbocycles. The Morgan fingerprint density at radius 1 is 0.964 bits per heavy atom. The van der Waals surface area contributed by atoms with E-state index in [1.165, 1.54) is 6.07 Å². The highest BCUT2D eigenvalue weighted by atomic mass is 19.1. The third kappa shape index (κ3) is 3.38. The zero-order valence-corrected chi connectivity index (χ0v) is 15.2. The smallest absolute Gasteiger partial charge is 0.133 e. The van der Waals surface area contributed by atoms with E-state index in [-0.39, 0.29) is 12.4 Å². The molecule has 0 saturated heterocycles. The van der Waals surface area contributed by atoms with Crippen LogP contribution in [-0.4, -0.2) is 19.7 Å². The van der Waals surface area contributed by atoms with E-state index in [1.807, 2.05) is 43.5 Å². The number of nitrogens with zero attached hydrogens (tertiary/aromatic N) is 5. The van der Waals surface area contributed by atoms with Gasteiger partial charge in [-0.05, 0) is 35.7 Å². The largest absolute Gasteiger partial charge is 0.258 e. The Kier molecular flexibility index (Phi) is 4.65. The van der Waals surface area contributed by atoms with E-state index in [0.717, 1.165) is 27.9 Å². The summed E-state index contributed by atoms with van der Waals surface area (Å²) < 4.78 is 16.4. The maximum Gasteiger partial charge on any atom is 0.133 e. The minimum absolute atomic E-state index is 0.184. The van der Waals surface area contributed by atoms with Crippen molar-refractivity contribution in [1.29, 1.82) is 5.26 Å². The van der Waals surface area contributed by atoms with E-state index in [9.17, 15) is 4.39 Å². The lowest BCUT2D eigenvalue weighted by molar-refractivity contribution is 0.631. The van der Waals surface area contributed by atoms with Gasteiger partial charge in [-0.1, -0.05) is 30.3 Å². The lowest BCUT2D eigenvalue weighted by Gasteiger charge is -2.10. The van der Waals surface area contributed by atoms with Crippen LogP contribution >= 0.6 is 0 Å². The van der Waals surface area contributed by atoms with Gasteiger partial charge in [0.1, 0.15) is 12.4 Å². The highest BCUT2D eigenvalue weighted by Gasteiger charge is 2.13. The van der Waals surface area contributed by atoms with Crippen LogP contribution in [-0.2, 0) is 6.54 Å². The van der Waals surface area contributed by atoms with Gasteiger partial charge in [0.05, 0.1) is 29.9 Å². The highest BCUT2D eigenvalue weighted by Crippen LogP contribution is 2.34. The second-order valence-corrected chi connectivity index (χ2v) is 6.37. The third-order valence-electron chi connectivity index (χ3n) is 4.44. The van der Waals surface area contributed by atoms with Crippen molar-refractivity contribution in [2.24, 2.45) is 0 Å². The summed E-state index contributed by atoms with van der Waals surface area (Å²) in [5, 5.41) is 13.0. The third-order valence-corrected chi connectivity index (χ3v) is 4.44. The maximum absolute atomic E-state index is 14.8. The highest BCUT2D eigenvalue weighted by molar-refractivity contribution is 5.83. The van der Waals surface area contributed by atoms with Crippen LogP contribution in [0.4, 0.5) is 4.39 Å². The molecule has 0 aliphatic rings. The van der Waals surface area contributed by atoms with Gasteiger partial charge in [-0.2, -0.15) is 10.4 Å². The number of rotatable bonds is 4. The van der Waals surface area contributed by atoms with Crippen molar-refractivity contribution in [3.8, 4) is 39.6 Å². The SMILES string of the molecule is Cc1cnc(-c2ccc(-c3ccccc3-c3cnn(CC#N)c3)cc2F)cn1. The van der Waals surface area contributed by atoms with Crippen LogP contribution in [0.5, 0.6) is 0 Å². The van der Waals surface area contributed by atoms with E-state index < -0.39 is 0 Å². The van der Waals surface area contributed by atoms with Crippen molar-refractivity contribution >= 4 is 0 Å². The standard InChI is InChI=1S/C22H16FN5/c1-15-11-26-22(13-25-15)20-7-6-16(10-21(20)23)18-4-2-3-5-19(18)17-12-27-28(14-17)9-8-24/h2-7,10-14H,9H2,1H3. The molecule has 4 aromatic rings. The van der Waals surface area contributed by atoms with Crippen LogP contribution in [0, 0.1) is 24.1 Å². The lowest BCUT2D eigenvalue weighted by atomic mass is 9.95. The van der Waals surface area contributed by atoms with Crippen LogP contribution in [0.1, 0.15) is 5.69 Å². The Balaban J connectivity index is 1.75.